The van der Waals surface area contributed by atoms with E-state index in [1.165, 1.54) is 340 Å². The Morgan fingerprint density at radius 1 is 0.316 bits per heavy atom. The van der Waals surface area contributed by atoms with Gasteiger partial charge in [-0.25, -0.2) is 0 Å². The van der Waals surface area contributed by atoms with Crippen molar-refractivity contribution < 1.29 is 24.5 Å². The highest BCUT2D eigenvalue weighted by molar-refractivity contribution is 5.76. The van der Waals surface area contributed by atoms with E-state index in [1.807, 2.05) is 0 Å². The van der Waals surface area contributed by atoms with Crippen LogP contribution in [0.1, 0.15) is 412 Å². The topological polar surface area (TPSA) is 95.9 Å². The predicted octanol–water partition coefficient (Wildman–Crippen LogP) is 22.6. The fourth-order valence-corrected chi connectivity index (χ4v) is 11.5. The van der Waals surface area contributed by atoms with Crippen molar-refractivity contribution >= 4 is 11.9 Å². The van der Waals surface area contributed by atoms with Crippen molar-refractivity contribution in [2.45, 2.75) is 424 Å². The number of hydrogen-bond donors (Lipinski definition) is 3. The van der Waals surface area contributed by atoms with Gasteiger partial charge < -0.3 is 20.3 Å². The number of unbranched alkanes of at least 4 members (excludes halogenated alkanes) is 56. The van der Waals surface area contributed by atoms with Crippen LogP contribution in [0.25, 0.3) is 0 Å². The highest BCUT2D eigenvalue weighted by atomic mass is 16.5. The van der Waals surface area contributed by atoms with E-state index >= 15 is 0 Å². The summed E-state index contributed by atoms with van der Waals surface area (Å²) in [7, 11) is 0. The first-order valence-corrected chi connectivity index (χ1v) is 35.3. The monoisotopic (exact) mass is 1070 g/mol. The first-order valence-electron chi connectivity index (χ1n) is 35.3. The van der Waals surface area contributed by atoms with E-state index in [4.69, 9.17) is 4.74 Å². The van der Waals surface area contributed by atoms with Crippen molar-refractivity contribution in [3.8, 4) is 0 Å². The lowest BCUT2D eigenvalue weighted by molar-refractivity contribution is -0.143. The van der Waals surface area contributed by atoms with Gasteiger partial charge in [-0.1, -0.05) is 373 Å². The Morgan fingerprint density at radius 2 is 0.539 bits per heavy atom. The zero-order valence-electron chi connectivity index (χ0n) is 52.0. The van der Waals surface area contributed by atoms with Gasteiger partial charge in [0.2, 0.25) is 5.91 Å². The molecule has 0 bridgehead atoms. The molecule has 0 aliphatic rings. The summed E-state index contributed by atoms with van der Waals surface area (Å²) in [5.41, 5.74) is 0. The summed E-state index contributed by atoms with van der Waals surface area (Å²) in [5, 5.41) is 23.4. The van der Waals surface area contributed by atoms with Crippen molar-refractivity contribution in [3.63, 3.8) is 0 Å². The van der Waals surface area contributed by atoms with Crippen LogP contribution in [0.5, 0.6) is 0 Å². The summed E-state index contributed by atoms with van der Waals surface area (Å²) in [4.78, 5) is 24.6. The number of carbonyl (C=O) groups is 2. The number of nitrogens with one attached hydrogen (secondary N) is 1. The molecule has 0 aromatic carbocycles. The van der Waals surface area contributed by atoms with Gasteiger partial charge in [0, 0.05) is 12.8 Å². The van der Waals surface area contributed by atoms with Gasteiger partial charge in [-0.05, 0) is 25.7 Å². The Balaban J connectivity index is 3.36. The highest BCUT2D eigenvalue weighted by Crippen LogP contribution is 2.20. The molecule has 0 aliphatic heterocycles. The largest absolute Gasteiger partial charge is 0.466 e. The van der Waals surface area contributed by atoms with Gasteiger partial charge in [-0.2, -0.15) is 0 Å². The highest BCUT2D eigenvalue weighted by Gasteiger charge is 2.20. The van der Waals surface area contributed by atoms with Crippen LogP contribution in [0.3, 0.4) is 0 Å². The van der Waals surface area contributed by atoms with Crippen molar-refractivity contribution in [2.24, 2.45) is 0 Å². The minimum Gasteiger partial charge on any atom is -0.466 e. The van der Waals surface area contributed by atoms with Crippen LogP contribution in [0.2, 0.25) is 0 Å². The lowest BCUT2D eigenvalue weighted by atomic mass is 10.0. The molecule has 0 radical (unpaired) electrons. The van der Waals surface area contributed by atoms with E-state index in [0.29, 0.717) is 25.9 Å². The lowest BCUT2D eigenvalue weighted by Gasteiger charge is -2.22. The van der Waals surface area contributed by atoms with Crippen molar-refractivity contribution in [1.29, 1.82) is 0 Å². The number of hydrogen-bond acceptors (Lipinski definition) is 5. The van der Waals surface area contributed by atoms with E-state index in [1.54, 1.807) is 0 Å². The second-order valence-corrected chi connectivity index (χ2v) is 24.6. The number of ether oxygens (including phenoxy) is 1. The van der Waals surface area contributed by atoms with Gasteiger partial charge in [0.05, 0.1) is 25.4 Å². The quantitative estimate of drug-likeness (QED) is 0.0417. The summed E-state index contributed by atoms with van der Waals surface area (Å²) in [6, 6.07) is -0.541. The molecule has 76 heavy (non-hydrogen) atoms. The number of esters is 1. The smallest absolute Gasteiger partial charge is 0.305 e. The van der Waals surface area contributed by atoms with Gasteiger partial charge in [-0.3, -0.25) is 9.59 Å². The van der Waals surface area contributed by atoms with Gasteiger partial charge in [-0.15, -0.1) is 0 Å². The van der Waals surface area contributed by atoms with Gasteiger partial charge in [0.1, 0.15) is 0 Å². The maximum atomic E-state index is 12.6. The molecule has 0 heterocycles. The maximum absolute atomic E-state index is 12.6. The molecule has 3 N–H and O–H groups in total. The number of rotatable bonds is 67. The molecule has 0 aromatic heterocycles. The molecule has 0 saturated carbocycles. The van der Waals surface area contributed by atoms with Crippen molar-refractivity contribution in [2.75, 3.05) is 13.2 Å². The van der Waals surface area contributed by atoms with Crippen molar-refractivity contribution in [1.82, 2.24) is 5.32 Å². The maximum Gasteiger partial charge on any atom is 0.305 e. The average molecular weight is 1070 g/mol. The third-order valence-corrected chi connectivity index (χ3v) is 16.9. The summed E-state index contributed by atoms with van der Waals surface area (Å²) in [6.07, 6.45) is 80.0. The van der Waals surface area contributed by atoms with Gasteiger partial charge in [0.15, 0.2) is 0 Å². The van der Waals surface area contributed by atoms with Gasteiger partial charge in [0.25, 0.3) is 0 Å². The number of aliphatic hydroxyl groups is 2. The second kappa shape index (κ2) is 66.4. The third-order valence-electron chi connectivity index (χ3n) is 16.9. The van der Waals surface area contributed by atoms with Gasteiger partial charge >= 0.3 is 5.97 Å². The fraction of sp³-hybridized carbons (Fsp3) is 0.971. The van der Waals surface area contributed by atoms with Crippen LogP contribution in [0.15, 0.2) is 0 Å². The molecule has 0 aromatic rings. The van der Waals surface area contributed by atoms with Crippen LogP contribution in [-0.4, -0.2) is 47.4 Å². The Morgan fingerprint density at radius 3 is 0.803 bits per heavy atom. The summed E-state index contributed by atoms with van der Waals surface area (Å²) >= 11 is 0. The van der Waals surface area contributed by atoms with Crippen LogP contribution in [0.4, 0.5) is 0 Å². The summed E-state index contributed by atoms with van der Waals surface area (Å²) < 4.78 is 5.49. The Bertz CT molecular complexity index is 1100. The summed E-state index contributed by atoms with van der Waals surface area (Å²) in [5.74, 6) is -0.0112. The molecule has 0 rings (SSSR count). The van der Waals surface area contributed by atoms with Crippen LogP contribution >= 0.6 is 0 Å². The molecule has 454 valence electrons. The van der Waals surface area contributed by atoms with E-state index in [2.05, 4.69) is 19.2 Å². The molecule has 2 unspecified atom stereocenters. The Labute approximate surface area is 476 Å². The molecule has 2 atom stereocenters. The van der Waals surface area contributed by atoms with Crippen LogP contribution in [-0.2, 0) is 14.3 Å². The number of amides is 1. The van der Waals surface area contributed by atoms with E-state index < -0.39 is 12.1 Å². The molecule has 0 saturated heterocycles. The zero-order chi connectivity index (χ0) is 55.0. The average Bonchev–Trinajstić information content (AvgIpc) is 3.42. The molecular weight excluding hydrogens is 935 g/mol. The molecular formula is C70H139NO5. The Hall–Kier alpha value is -1.14. The van der Waals surface area contributed by atoms with Crippen molar-refractivity contribution in [3.05, 3.63) is 0 Å². The molecule has 0 spiro atoms. The minimum atomic E-state index is -0.664. The third kappa shape index (κ3) is 62.1. The standard InChI is InChI=1S/C70H139NO5/c1-3-5-7-9-11-13-15-17-18-19-20-21-23-26-29-32-35-39-42-46-50-54-58-62-68(73)67(66-72)71-69(74)63-59-55-51-47-43-40-36-33-30-27-24-22-25-28-31-34-37-41-45-49-53-57-61-65-76-70(75)64-60-56-52-48-44-38-16-14-12-10-8-6-4-2/h67-68,72-73H,3-66H2,1-2H3,(H,71,74). The normalized spacial score (nSPS) is 12.4. The molecule has 6 heteroatoms. The Kier molecular flexibility index (Phi) is 65.4. The second-order valence-electron chi connectivity index (χ2n) is 24.6. The van der Waals surface area contributed by atoms with E-state index in [-0.39, 0.29) is 18.5 Å². The fourth-order valence-electron chi connectivity index (χ4n) is 11.5. The van der Waals surface area contributed by atoms with Crippen LogP contribution in [0, 0.1) is 0 Å². The zero-order valence-corrected chi connectivity index (χ0v) is 52.0. The first kappa shape index (κ1) is 74.9. The molecule has 0 aliphatic carbocycles. The van der Waals surface area contributed by atoms with E-state index in [9.17, 15) is 19.8 Å². The number of carbonyl (C=O) groups excluding carboxylic acids is 2. The molecule has 1 amide bonds. The SMILES string of the molecule is CCCCCCCCCCCCCCCCCCCCCCCCCC(O)C(CO)NC(=O)CCCCCCCCCCCCCCCCCCCCCCCCCOC(=O)CCCCCCCCCCCCCCC. The predicted molar refractivity (Wildman–Crippen MR) is 334 cm³/mol. The minimum absolute atomic E-state index is 0.0175. The van der Waals surface area contributed by atoms with E-state index in [0.717, 1.165) is 38.5 Å². The number of aliphatic hydroxyl groups excluding tert-OH is 2. The lowest BCUT2D eigenvalue weighted by Crippen LogP contribution is -2.45. The van der Waals surface area contributed by atoms with Crippen LogP contribution < -0.4 is 5.32 Å². The molecule has 6 nitrogen and oxygen atoms in total. The first-order chi connectivity index (χ1) is 37.5. The summed E-state index contributed by atoms with van der Waals surface area (Å²) in [6.45, 7) is 5.00. The molecule has 0 fully saturated rings.